The maximum Gasteiger partial charge on any atom is 0.122 e. The van der Waals surface area contributed by atoms with Gasteiger partial charge in [0.25, 0.3) is 0 Å². The molecule has 0 amide bonds. The second-order valence-electron chi connectivity index (χ2n) is 0.811. The van der Waals surface area contributed by atoms with E-state index in [1.165, 1.54) is 0 Å². The standard InChI is InChI=1S/C2H5N2O/c1-3-2-5-4-1/h3H,1-2H2. The highest BCUT2D eigenvalue weighted by atomic mass is 16.7. The Hall–Kier alpha value is -0.120. The van der Waals surface area contributed by atoms with E-state index < -0.39 is 0 Å². The summed E-state index contributed by atoms with van der Waals surface area (Å²) < 4.78 is 0. The highest BCUT2D eigenvalue weighted by Gasteiger charge is 1.93. The van der Waals surface area contributed by atoms with Crippen LogP contribution in [0.15, 0.2) is 0 Å². The number of nitrogens with one attached hydrogen (secondary N) is 1. The number of nitrogens with zero attached hydrogens (tertiary/aromatic N) is 1. The van der Waals surface area contributed by atoms with E-state index >= 15 is 0 Å². The molecule has 0 spiro atoms. The lowest BCUT2D eigenvalue weighted by molar-refractivity contribution is 0.0918. The lowest BCUT2D eigenvalue weighted by Gasteiger charge is -1.73. The molecule has 1 radical (unpaired) electrons. The van der Waals surface area contributed by atoms with Crippen LogP contribution in [-0.4, -0.2) is 13.4 Å². The summed E-state index contributed by atoms with van der Waals surface area (Å²) in [6, 6.07) is 0. The van der Waals surface area contributed by atoms with Gasteiger partial charge in [0.05, 0.1) is 6.67 Å². The molecule has 0 bridgehead atoms. The molecule has 0 aromatic rings. The molecule has 0 unspecified atom stereocenters. The van der Waals surface area contributed by atoms with E-state index in [1.54, 1.807) is 0 Å². The Kier molecular flexibility index (Phi) is 0.834. The van der Waals surface area contributed by atoms with Crippen molar-refractivity contribution in [2.45, 2.75) is 0 Å². The molecule has 3 heteroatoms. The van der Waals surface area contributed by atoms with E-state index in [0.29, 0.717) is 13.4 Å². The largest absolute Gasteiger partial charge is 0.277 e. The molecule has 1 aliphatic heterocycles. The molecule has 0 atom stereocenters. The van der Waals surface area contributed by atoms with Gasteiger partial charge in [0.15, 0.2) is 0 Å². The third-order valence-electron chi connectivity index (χ3n) is 0.434. The number of hydrogen-bond donors (Lipinski definition) is 1. The summed E-state index contributed by atoms with van der Waals surface area (Å²) in [4.78, 5) is 4.46. The third-order valence-corrected chi connectivity index (χ3v) is 0.434. The second-order valence-corrected chi connectivity index (χ2v) is 0.811. The predicted octanol–water partition coefficient (Wildman–Crippen LogP) is -0.959. The highest BCUT2D eigenvalue weighted by Crippen LogP contribution is 1.69. The number of rotatable bonds is 0. The van der Waals surface area contributed by atoms with Gasteiger partial charge in [0, 0.05) is 0 Å². The van der Waals surface area contributed by atoms with Crippen LogP contribution in [0.3, 0.4) is 0 Å². The van der Waals surface area contributed by atoms with Crippen molar-refractivity contribution in [2.24, 2.45) is 0 Å². The maximum absolute atomic E-state index is 4.46. The topological polar surface area (TPSA) is 35.4 Å². The molecular formula is C2H5N2O. The average molecular weight is 73.1 g/mol. The molecule has 5 heavy (non-hydrogen) atoms. The van der Waals surface area contributed by atoms with Gasteiger partial charge in [-0.3, -0.25) is 10.2 Å². The van der Waals surface area contributed by atoms with E-state index in [9.17, 15) is 0 Å². The summed E-state index contributed by atoms with van der Waals surface area (Å²) in [6.45, 7) is 1.24. The molecule has 0 aromatic heterocycles. The summed E-state index contributed by atoms with van der Waals surface area (Å²) in [7, 11) is 0. The van der Waals surface area contributed by atoms with Gasteiger partial charge in [-0.15, -0.1) is 0 Å². The average Bonchev–Trinajstić information content (AvgIpc) is 1.76. The molecule has 3 nitrogen and oxygen atoms in total. The lowest BCUT2D eigenvalue weighted by Crippen LogP contribution is -2.06. The van der Waals surface area contributed by atoms with Crippen molar-refractivity contribution in [2.75, 3.05) is 13.4 Å². The van der Waals surface area contributed by atoms with E-state index in [-0.39, 0.29) is 0 Å². The van der Waals surface area contributed by atoms with E-state index in [2.05, 4.69) is 15.6 Å². The van der Waals surface area contributed by atoms with Crippen LogP contribution in [0.25, 0.3) is 0 Å². The van der Waals surface area contributed by atoms with Crippen molar-refractivity contribution >= 4 is 0 Å². The third kappa shape index (κ3) is 0.576. The van der Waals surface area contributed by atoms with E-state index in [0.717, 1.165) is 0 Å². The van der Waals surface area contributed by atoms with Crippen molar-refractivity contribution in [3.63, 3.8) is 0 Å². The summed E-state index contributed by atoms with van der Waals surface area (Å²) in [5, 5.41) is 2.83. The molecule has 29 valence electrons. The lowest BCUT2D eigenvalue weighted by atomic mass is 11.1. The fourth-order valence-electron chi connectivity index (χ4n) is 0.228. The minimum Gasteiger partial charge on any atom is -0.277 e. The van der Waals surface area contributed by atoms with Crippen molar-refractivity contribution in [1.29, 1.82) is 0 Å². The maximum atomic E-state index is 4.46. The molecule has 0 saturated carbocycles. The summed E-state index contributed by atoms with van der Waals surface area (Å²) in [5.41, 5.74) is 3.47. The minimum atomic E-state index is 0.583. The Balaban J connectivity index is 2.08. The molecule has 1 heterocycles. The SMILES string of the molecule is C1[N]OCN1. The quantitative estimate of drug-likeness (QED) is 0.401. The number of hydrogen-bond acceptors (Lipinski definition) is 2. The zero-order valence-electron chi connectivity index (χ0n) is 2.77. The van der Waals surface area contributed by atoms with E-state index in [1.807, 2.05) is 0 Å². The Morgan fingerprint density at radius 1 is 1.80 bits per heavy atom. The van der Waals surface area contributed by atoms with Crippen LogP contribution in [0.5, 0.6) is 0 Å². The molecule has 1 rings (SSSR count). The molecule has 0 aromatic carbocycles. The van der Waals surface area contributed by atoms with Crippen LogP contribution in [0.1, 0.15) is 0 Å². The first-order valence-electron chi connectivity index (χ1n) is 1.49. The van der Waals surface area contributed by atoms with Gasteiger partial charge in [0.2, 0.25) is 0 Å². The van der Waals surface area contributed by atoms with Gasteiger partial charge in [-0.25, -0.2) is 0 Å². The van der Waals surface area contributed by atoms with Gasteiger partial charge in [-0.2, -0.15) is 0 Å². The van der Waals surface area contributed by atoms with Gasteiger partial charge in [-0.1, -0.05) is 5.48 Å². The summed E-state index contributed by atoms with van der Waals surface area (Å²) in [5.74, 6) is 0. The Labute approximate surface area is 30.3 Å². The van der Waals surface area contributed by atoms with Crippen molar-refractivity contribution in [3.8, 4) is 0 Å². The first kappa shape index (κ1) is 3.08. The van der Waals surface area contributed by atoms with Crippen LogP contribution < -0.4 is 10.8 Å². The number of hydroxylamine groups is 1. The fraction of sp³-hybridized carbons (Fsp3) is 1.00. The van der Waals surface area contributed by atoms with Crippen LogP contribution in [0.2, 0.25) is 0 Å². The predicted molar refractivity (Wildman–Crippen MR) is 16.1 cm³/mol. The van der Waals surface area contributed by atoms with Crippen LogP contribution in [0, 0.1) is 0 Å². The minimum absolute atomic E-state index is 0.583. The van der Waals surface area contributed by atoms with Crippen LogP contribution >= 0.6 is 0 Å². The van der Waals surface area contributed by atoms with Crippen LogP contribution in [0.4, 0.5) is 0 Å². The van der Waals surface area contributed by atoms with Gasteiger partial charge in [0.1, 0.15) is 6.73 Å². The van der Waals surface area contributed by atoms with Gasteiger partial charge < -0.3 is 0 Å². The Morgan fingerprint density at radius 3 is 3.00 bits per heavy atom. The molecular weight excluding hydrogens is 68.0 g/mol. The van der Waals surface area contributed by atoms with Gasteiger partial charge in [-0.05, 0) is 0 Å². The zero-order chi connectivity index (χ0) is 3.54. The smallest absolute Gasteiger partial charge is 0.122 e. The fourth-order valence-corrected chi connectivity index (χ4v) is 0.228. The van der Waals surface area contributed by atoms with Gasteiger partial charge >= 0.3 is 0 Å². The van der Waals surface area contributed by atoms with Crippen LogP contribution in [-0.2, 0) is 4.84 Å². The molecule has 1 N–H and O–H groups in total. The summed E-state index contributed by atoms with van der Waals surface area (Å²) in [6.07, 6.45) is 0. The Bertz CT molecular complexity index is 19.2. The monoisotopic (exact) mass is 73.0 g/mol. The second kappa shape index (κ2) is 1.35. The van der Waals surface area contributed by atoms with Crippen molar-refractivity contribution in [1.82, 2.24) is 10.8 Å². The van der Waals surface area contributed by atoms with Crippen molar-refractivity contribution in [3.05, 3.63) is 0 Å². The molecule has 1 saturated heterocycles. The summed E-state index contributed by atoms with van der Waals surface area (Å²) >= 11 is 0. The first-order chi connectivity index (χ1) is 2.50. The zero-order valence-corrected chi connectivity index (χ0v) is 2.77. The van der Waals surface area contributed by atoms with Crippen molar-refractivity contribution < 1.29 is 4.84 Å². The highest BCUT2D eigenvalue weighted by molar-refractivity contribution is 4.31. The first-order valence-corrected chi connectivity index (χ1v) is 1.49. The Morgan fingerprint density at radius 2 is 2.80 bits per heavy atom. The molecule has 1 fully saturated rings. The molecule has 0 aliphatic carbocycles. The van der Waals surface area contributed by atoms with E-state index in [4.69, 9.17) is 0 Å². The normalized spacial score (nSPS) is 24.0. The molecule has 1 aliphatic rings.